The molecule has 0 atom stereocenters. The summed E-state index contributed by atoms with van der Waals surface area (Å²) in [6.07, 6.45) is -3.35. The van der Waals surface area contributed by atoms with Crippen molar-refractivity contribution in [1.82, 2.24) is 30.0 Å². The highest BCUT2D eigenvalue weighted by atomic mass is 19.4. The van der Waals surface area contributed by atoms with Crippen LogP contribution in [0.3, 0.4) is 0 Å². The molecule has 4 rings (SSSR count). The van der Waals surface area contributed by atoms with Crippen molar-refractivity contribution in [3.05, 3.63) is 36.2 Å². The van der Waals surface area contributed by atoms with E-state index < -0.39 is 18.7 Å². The van der Waals surface area contributed by atoms with Crippen molar-refractivity contribution in [2.45, 2.75) is 19.0 Å². The smallest absolute Gasteiger partial charge is 0.372 e. The number of carbonyl (C=O) groups excluding carboxylic acids is 1. The number of amides is 1. The zero-order chi connectivity index (χ0) is 25.0. The van der Waals surface area contributed by atoms with E-state index in [0.717, 1.165) is 5.69 Å². The summed E-state index contributed by atoms with van der Waals surface area (Å²) >= 11 is 0. The lowest BCUT2D eigenvalue weighted by molar-refractivity contribution is -0.177. The van der Waals surface area contributed by atoms with Gasteiger partial charge >= 0.3 is 18.0 Å². The molecule has 1 fully saturated rings. The van der Waals surface area contributed by atoms with Crippen LogP contribution in [0.4, 0.5) is 30.8 Å². The topological polar surface area (TPSA) is 136 Å². The van der Waals surface area contributed by atoms with Gasteiger partial charge in [-0.25, -0.2) is 0 Å². The van der Waals surface area contributed by atoms with Crippen LogP contribution >= 0.6 is 0 Å². The van der Waals surface area contributed by atoms with Crippen LogP contribution in [0.2, 0.25) is 0 Å². The largest absolute Gasteiger partial charge is 0.411 e. The maximum atomic E-state index is 12.8. The zero-order valence-corrected chi connectivity index (χ0v) is 18.8. The number of nitrogens with two attached hydrogens (primary N) is 1. The Bertz CT molecular complexity index is 1150. The third kappa shape index (κ3) is 6.20. The number of nitrogens with zero attached hydrogens (tertiary/aromatic N) is 7. The van der Waals surface area contributed by atoms with Gasteiger partial charge in [0.25, 0.3) is 0 Å². The van der Waals surface area contributed by atoms with E-state index >= 15 is 0 Å². The lowest BCUT2D eigenvalue weighted by Crippen LogP contribution is -2.39. The van der Waals surface area contributed by atoms with E-state index in [0.29, 0.717) is 25.9 Å². The number of hydrogen-bond acceptors (Lipinski definition) is 10. The third-order valence-electron chi connectivity index (χ3n) is 5.41. The van der Waals surface area contributed by atoms with Crippen molar-refractivity contribution < 1.29 is 27.2 Å². The molecule has 14 heteroatoms. The minimum absolute atomic E-state index is 0.00713. The van der Waals surface area contributed by atoms with Gasteiger partial charge in [0.2, 0.25) is 23.5 Å². The number of hydrogen-bond donors (Lipinski definition) is 1. The lowest BCUT2D eigenvalue weighted by Gasteiger charge is -2.30. The van der Waals surface area contributed by atoms with E-state index in [1.54, 1.807) is 11.9 Å². The molecule has 0 radical (unpaired) electrons. The molecule has 3 heterocycles. The van der Waals surface area contributed by atoms with Crippen LogP contribution in [-0.4, -0.2) is 75.4 Å². The maximum absolute atomic E-state index is 12.8. The maximum Gasteiger partial charge on any atom is 0.411 e. The Morgan fingerprint density at radius 2 is 1.86 bits per heavy atom. The minimum atomic E-state index is -4.35. The van der Waals surface area contributed by atoms with E-state index in [4.69, 9.17) is 15.0 Å². The van der Waals surface area contributed by atoms with Gasteiger partial charge in [0.05, 0.1) is 0 Å². The Kier molecular flexibility index (Phi) is 7.10. The molecule has 2 aromatic heterocycles. The number of alkyl halides is 3. The number of nitrogen functional groups attached to an aromatic ring is 1. The van der Waals surface area contributed by atoms with Gasteiger partial charge in [0, 0.05) is 32.4 Å². The van der Waals surface area contributed by atoms with Crippen molar-refractivity contribution in [2.24, 2.45) is 5.92 Å². The lowest BCUT2D eigenvalue weighted by atomic mass is 9.98. The van der Waals surface area contributed by atoms with E-state index in [1.165, 1.54) is 4.90 Å². The molecule has 0 spiro atoms. The van der Waals surface area contributed by atoms with Gasteiger partial charge in [-0.3, -0.25) is 4.79 Å². The van der Waals surface area contributed by atoms with Gasteiger partial charge in [-0.15, -0.1) is 0 Å². The van der Waals surface area contributed by atoms with Crippen molar-refractivity contribution in [3.63, 3.8) is 0 Å². The van der Waals surface area contributed by atoms with E-state index in [9.17, 15) is 18.0 Å². The number of rotatable bonds is 7. The van der Waals surface area contributed by atoms with Crippen LogP contribution < -0.4 is 10.6 Å². The molecule has 11 nitrogen and oxygen atoms in total. The molecule has 0 bridgehead atoms. The number of likely N-dealkylation sites (tertiary alicyclic amines) is 1. The monoisotopic (exact) mass is 492 g/mol. The Morgan fingerprint density at radius 1 is 1.14 bits per heavy atom. The van der Waals surface area contributed by atoms with Crippen LogP contribution in [0.5, 0.6) is 0 Å². The van der Waals surface area contributed by atoms with E-state index in [2.05, 4.69) is 25.1 Å². The molecule has 0 saturated carbocycles. The fraction of sp³-hybridized carbons (Fsp3) is 0.429. The number of piperidine rings is 1. The summed E-state index contributed by atoms with van der Waals surface area (Å²) < 4.78 is 46.5. The number of para-hydroxylation sites is 1. The van der Waals surface area contributed by atoms with Crippen LogP contribution in [0, 0.1) is 5.92 Å². The second-order valence-electron chi connectivity index (χ2n) is 8.00. The first kappa shape index (κ1) is 24.3. The second kappa shape index (κ2) is 10.2. The first-order chi connectivity index (χ1) is 16.7. The molecule has 1 amide bonds. The molecule has 0 aliphatic carbocycles. The first-order valence-electron chi connectivity index (χ1n) is 10.8. The van der Waals surface area contributed by atoms with E-state index in [-0.39, 0.29) is 42.0 Å². The molecular weight excluding hydrogens is 469 g/mol. The summed E-state index contributed by atoms with van der Waals surface area (Å²) in [4.78, 5) is 32.6. The quantitative estimate of drug-likeness (QED) is 0.524. The average Bonchev–Trinajstić information content (AvgIpc) is 3.33. The normalized spacial score (nSPS) is 14.8. The SMILES string of the molecule is CN(c1ccccc1)c1nc(N)nc(-c2noc(C(=O)N3CCC(COCC(F)(F)F)CC3)n2)n1. The zero-order valence-electron chi connectivity index (χ0n) is 18.8. The molecule has 2 N–H and O–H groups in total. The number of halogens is 3. The first-order valence-corrected chi connectivity index (χ1v) is 10.8. The fourth-order valence-electron chi connectivity index (χ4n) is 3.58. The van der Waals surface area contributed by atoms with Crippen LogP contribution in [0.25, 0.3) is 11.6 Å². The van der Waals surface area contributed by atoms with Crippen LogP contribution in [0.1, 0.15) is 23.5 Å². The van der Waals surface area contributed by atoms with Crippen LogP contribution in [-0.2, 0) is 4.74 Å². The Hall–Kier alpha value is -3.81. The Balaban J connectivity index is 1.40. The molecule has 1 aromatic carbocycles. The highest BCUT2D eigenvalue weighted by Gasteiger charge is 2.30. The van der Waals surface area contributed by atoms with Gasteiger partial charge in [0.1, 0.15) is 6.61 Å². The summed E-state index contributed by atoms with van der Waals surface area (Å²) in [6.45, 7) is -0.614. The number of benzene rings is 1. The standard InChI is InChI=1S/C21H23F3N8O3/c1-31(14-5-3-2-4-6-14)20-28-15(27-19(25)29-20)16-26-17(35-30-16)18(33)32-9-7-13(8-10-32)11-34-12-21(22,23)24/h2-6,13H,7-12H2,1H3,(H2,25,27,28,29). The molecular formula is C21H23F3N8O3. The number of carbonyl (C=O) groups is 1. The predicted octanol–water partition coefficient (Wildman–Crippen LogP) is 2.70. The van der Waals surface area contributed by atoms with E-state index in [1.807, 2.05) is 30.3 Å². The summed E-state index contributed by atoms with van der Waals surface area (Å²) in [5.41, 5.74) is 6.66. The van der Waals surface area contributed by atoms with Gasteiger partial charge in [-0.05, 0) is 30.9 Å². The summed E-state index contributed by atoms with van der Waals surface area (Å²) in [7, 11) is 1.76. The summed E-state index contributed by atoms with van der Waals surface area (Å²) in [5, 5.41) is 3.81. The van der Waals surface area contributed by atoms with Gasteiger partial charge in [0.15, 0.2) is 0 Å². The van der Waals surface area contributed by atoms with Crippen molar-refractivity contribution in [3.8, 4) is 11.6 Å². The molecule has 1 aliphatic rings. The molecule has 186 valence electrons. The van der Waals surface area contributed by atoms with Crippen molar-refractivity contribution in [1.29, 1.82) is 0 Å². The van der Waals surface area contributed by atoms with Gasteiger partial charge < -0.3 is 24.8 Å². The number of anilines is 3. The number of ether oxygens (including phenoxy) is 1. The molecule has 3 aromatic rings. The molecule has 35 heavy (non-hydrogen) atoms. The van der Waals surface area contributed by atoms with Crippen molar-refractivity contribution in [2.75, 3.05) is 44.0 Å². The minimum Gasteiger partial charge on any atom is -0.372 e. The highest BCUT2D eigenvalue weighted by molar-refractivity contribution is 5.90. The molecule has 0 unspecified atom stereocenters. The average molecular weight is 492 g/mol. The number of aromatic nitrogens is 5. The second-order valence-corrected chi connectivity index (χ2v) is 8.00. The van der Waals surface area contributed by atoms with Gasteiger partial charge in [-0.2, -0.15) is 33.1 Å². The van der Waals surface area contributed by atoms with Crippen molar-refractivity contribution >= 4 is 23.5 Å². The third-order valence-corrected chi connectivity index (χ3v) is 5.41. The Morgan fingerprint density at radius 3 is 2.54 bits per heavy atom. The predicted molar refractivity (Wildman–Crippen MR) is 118 cm³/mol. The Labute approximate surface area is 198 Å². The van der Waals surface area contributed by atoms with Gasteiger partial charge in [-0.1, -0.05) is 23.4 Å². The fourth-order valence-corrected chi connectivity index (χ4v) is 3.58. The highest BCUT2D eigenvalue weighted by Crippen LogP contribution is 2.24. The summed E-state index contributed by atoms with van der Waals surface area (Å²) in [6, 6.07) is 9.36. The molecule has 1 saturated heterocycles. The molecule has 1 aliphatic heterocycles. The summed E-state index contributed by atoms with van der Waals surface area (Å²) in [5.74, 6) is -0.579. The van der Waals surface area contributed by atoms with Crippen LogP contribution in [0.15, 0.2) is 34.9 Å².